The molecule has 17 heavy (non-hydrogen) atoms. The zero-order chi connectivity index (χ0) is 11.9. The van der Waals surface area contributed by atoms with Crippen LogP contribution in [0.5, 0.6) is 0 Å². The fourth-order valence-corrected chi connectivity index (χ4v) is 2.86. The van der Waals surface area contributed by atoms with E-state index in [-0.39, 0.29) is 0 Å². The highest BCUT2D eigenvalue weighted by atomic mass is 16.3. The molecular formula is C15H25NO. The quantitative estimate of drug-likeness (QED) is 0.795. The molecule has 1 atom stereocenters. The molecule has 0 bridgehead atoms. The third kappa shape index (κ3) is 3.88. The molecule has 1 aromatic heterocycles. The normalized spacial score (nSPS) is 19.4. The highest BCUT2D eigenvalue weighted by Crippen LogP contribution is 2.31. The van der Waals surface area contributed by atoms with E-state index >= 15 is 0 Å². The minimum absolute atomic E-state index is 0.424. The summed E-state index contributed by atoms with van der Waals surface area (Å²) in [7, 11) is 0. The maximum Gasteiger partial charge on any atom is 0.120 e. The summed E-state index contributed by atoms with van der Waals surface area (Å²) >= 11 is 0. The molecule has 1 unspecified atom stereocenters. The van der Waals surface area contributed by atoms with E-state index in [0.717, 1.165) is 18.2 Å². The summed E-state index contributed by atoms with van der Waals surface area (Å²) in [5.74, 6) is 2.01. The van der Waals surface area contributed by atoms with Gasteiger partial charge in [0.25, 0.3) is 0 Å². The van der Waals surface area contributed by atoms with E-state index in [1.54, 1.807) is 6.26 Å². The largest absolute Gasteiger partial charge is 0.468 e. The standard InChI is InChI=1S/C15H25NO/c1-2-10-16-14(15-9-6-11-17-15)12-13-7-4-3-5-8-13/h6,9,11,13-14,16H,2-5,7-8,10,12H2,1H3. The van der Waals surface area contributed by atoms with Crippen LogP contribution in [0.3, 0.4) is 0 Å². The average molecular weight is 235 g/mol. The Hall–Kier alpha value is -0.760. The summed E-state index contributed by atoms with van der Waals surface area (Å²) in [6, 6.07) is 4.53. The van der Waals surface area contributed by atoms with Gasteiger partial charge >= 0.3 is 0 Å². The average Bonchev–Trinajstić information content (AvgIpc) is 2.89. The Morgan fingerprint density at radius 3 is 2.82 bits per heavy atom. The predicted octanol–water partition coefficient (Wildman–Crippen LogP) is 4.29. The van der Waals surface area contributed by atoms with Crippen LogP contribution in [0.2, 0.25) is 0 Å². The Balaban J connectivity index is 1.90. The molecule has 2 heteroatoms. The Kier molecular flexibility index (Phi) is 5.11. The fourth-order valence-electron chi connectivity index (χ4n) is 2.86. The van der Waals surface area contributed by atoms with Gasteiger partial charge < -0.3 is 9.73 Å². The van der Waals surface area contributed by atoms with Crippen molar-refractivity contribution in [1.82, 2.24) is 5.32 Å². The van der Waals surface area contributed by atoms with Crippen LogP contribution in [-0.4, -0.2) is 6.54 Å². The Labute approximate surface area is 105 Å². The molecule has 0 radical (unpaired) electrons. The molecule has 0 spiro atoms. The molecule has 0 amide bonds. The minimum atomic E-state index is 0.424. The van der Waals surface area contributed by atoms with E-state index in [9.17, 15) is 0 Å². The summed E-state index contributed by atoms with van der Waals surface area (Å²) in [5.41, 5.74) is 0. The Bertz CT molecular complexity index is 288. The van der Waals surface area contributed by atoms with Gasteiger partial charge in [0.15, 0.2) is 0 Å². The van der Waals surface area contributed by atoms with Crippen LogP contribution in [0.25, 0.3) is 0 Å². The van der Waals surface area contributed by atoms with Gasteiger partial charge in [-0.3, -0.25) is 0 Å². The molecule has 1 aromatic rings. The van der Waals surface area contributed by atoms with Crippen molar-refractivity contribution >= 4 is 0 Å². The van der Waals surface area contributed by atoms with E-state index < -0.39 is 0 Å². The monoisotopic (exact) mass is 235 g/mol. The first kappa shape index (κ1) is 12.7. The van der Waals surface area contributed by atoms with Gasteiger partial charge in [0.05, 0.1) is 12.3 Å². The molecule has 0 aromatic carbocycles. The second-order valence-corrected chi connectivity index (χ2v) is 5.26. The number of rotatable bonds is 6. The molecule has 0 aliphatic heterocycles. The third-order valence-electron chi connectivity index (χ3n) is 3.82. The lowest BCUT2D eigenvalue weighted by Crippen LogP contribution is -2.25. The second-order valence-electron chi connectivity index (χ2n) is 5.26. The van der Waals surface area contributed by atoms with Crippen molar-refractivity contribution in [3.63, 3.8) is 0 Å². The molecule has 1 fully saturated rings. The molecule has 1 N–H and O–H groups in total. The summed E-state index contributed by atoms with van der Waals surface area (Å²) in [6.07, 6.45) is 11.3. The topological polar surface area (TPSA) is 25.2 Å². The highest BCUT2D eigenvalue weighted by molar-refractivity contribution is 5.04. The van der Waals surface area contributed by atoms with Gasteiger partial charge in [-0.05, 0) is 37.4 Å². The maximum atomic E-state index is 5.57. The smallest absolute Gasteiger partial charge is 0.120 e. The van der Waals surface area contributed by atoms with Crippen LogP contribution >= 0.6 is 0 Å². The summed E-state index contributed by atoms with van der Waals surface area (Å²) in [5, 5.41) is 3.63. The fraction of sp³-hybridized carbons (Fsp3) is 0.733. The van der Waals surface area contributed by atoms with Gasteiger partial charge in [0.1, 0.15) is 5.76 Å². The van der Waals surface area contributed by atoms with Crippen LogP contribution < -0.4 is 5.32 Å². The minimum Gasteiger partial charge on any atom is -0.468 e. The molecule has 1 aliphatic carbocycles. The molecule has 0 saturated heterocycles. The van der Waals surface area contributed by atoms with Crippen molar-refractivity contribution in [2.75, 3.05) is 6.54 Å². The maximum absolute atomic E-state index is 5.57. The lowest BCUT2D eigenvalue weighted by Gasteiger charge is -2.26. The molecular weight excluding hydrogens is 210 g/mol. The van der Waals surface area contributed by atoms with Crippen LogP contribution in [-0.2, 0) is 0 Å². The SMILES string of the molecule is CCCNC(CC1CCCCC1)c1ccco1. The Morgan fingerprint density at radius 2 is 2.18 bits per heavy atom. The van der Waals surface area contributed by atoms with Crippen LogP contribution in [0.1, 0.15) is 63.7 Å². The van der Waals surface area contributed by atoms with Crippen molar-refractivity contribution in [2.24, 2.45) is 5.92 Å². The Morgan fingerprint density at radius 1 is 1.35 bits per heavy atom. The lowest BCUT2D eigenvalue weighted by atomic mass is 9.84. The number of nitrogens with one attached hydrogen (secondary N) is 1. The van der Waals surface area contributed by atoms with E-state index in [1.807, 2.05) is 6.07 Å². The van der Waals surface area contributed by atoms with Crippen molar-refractivity contribution in [1.29, 1.82) is 0 Å². The summed E-state index contributed by atoms with van der Waals surface area (Å²) in [4.78, 5) is 0. The first-order valence-corrected chi connectivity index (χ1v) is 7.17. The van der Waals surface area contributed by atoms with Crippen LogP contribution in [0.15, 0.2) is 22.8 Å². The van der Waals surface area contributed by atoms with Gasteiger partial charge in [-0.25, -0.2) is 0 Å². The summed E-state index contributed by atoms with van der Waals surface area (Å²) < 4.78 is 5.57. The van der Waals surface area contributed by atoms with Crippen LogP contribution in [0.4, 0.5) is 0 Å². The van der Waals surface area contributed by atoms with Gasteiger partial charge in [-0.2, -0.15) is 0 Å². The van der Waals surface area contributed by atoms with E-state index in [1.165, 1.54) is 44.9 Å². The number of hydrogen-bond acceptors (Lipinski definition) is 2. The predicted molar refractivity (Wildman–Crippen MR) is 70.9 cm³/mol. The van der Waals surface area contributed by atoms with Gasteiger partial charge in [-0.15, -0.1) is 0 Å². The molecule has 2 rings (SSSR count). The van der Waals surface area contributed by atoms with Crippen molar-refractivity contribution in [3.8, 4) is 0 Å². The number of hydrogen-bond donors (Lipinski definition) is 1. The first-order valence-electron chi connectivity index (χ1n) is 7.17. The van der Waals surface area contributed by atoms with E-state index in [0.29, 0.717) is 6.04 Å². The second kappa shape index (κ2) is 6.85. The molecule has 1 heterocycles. The molecule has 96 valence electrons. The van der Waals surface area contributed by atoms with E-state index in [2.05, 4.69) is 18.3 Å². The van der Waals surface area contributed by atoms with Gasteiger partial charge in [-0.1, -0.05) is 39.0 Å². The molecule has 2 nitrogen and oxygen atoms in total. The van der Waals surface area contributed by atoms with E-state index in [4.69, 9.17) is 4.42 Å². The third-order valence-corrected chi connectivity index (χ3v) is 3.82. The van der Waals surface area contributed by atoms with Crippen molar-refractivity contribution in [3.05, 3.63) is 24.2 Å². The first-order chi connectivity index (χ1) is 8.40. The van der Waals surface area contributed by atoms with Gasteiger partial charge in [0.2, 0.25) is 0 Å². The summed E-state index contributed by atoms with van der Waals surface area (Å²) in [6.45, 7) is 3.30. The lowest BCUT2D eigenvalue weighted by molar-refractivity contribution is 0.280. The highest BCUT2D eigenvalue weighted by Gasteiger charge is 2.21. The molecule has 1 saturated carbocycles. The zero-order valence-electron chi connectivity index (χ0n) is 11.0. The van der Waals surface area contributed by atoms with Gasteiger partial charge in [0, 0.05) is 0 Å². The zero-order valence-corrected chi connectivity index (χ0v) is 11.0. The number of furan rings is 1. The molecule has 1 aliphatic rings. The van der Waals surface area contributed by atoms with Crippen molar-refractivity contribution < 1.29 is 4.42 Å². The van der Waals surface area contributed by atoms with Crippen molar-refractivity contribution in [2.45, 2.75) is 57.9 Å². The van der Waals surface area contributed by atoms with Crippen LogP contribution in [0, 0.1) is 5.92 Å².